The standard InChI is InChI=1S/C16H18FN5O/c1-21-8-10-22(11-9-21)15-7-6-14(19-20-15)16(23)18-13-5-3-2-4-12(13)17/h2-7H,8-11H2,1H3,(H,18,23). The van der Waals surface area contributed by atoms with E-state index in [0.29, 0.717) is 0 Å². The molecule has 0 spiro atoms. The third-order valence-corrected chi connectivity index (χ3v) is 3.83. The Labute approximate surface area is 133 Å². The molecular formula is C16H18FN5O. The lowest BCUT2D eigenvalue weighted by molar-refractivity contribution is 0.102. The van der Waals surface area contributed by atoms with Crippen molar-refractivity contribution in [2.45, 2.75) is 0 Å². The van der Waals surface area contributed by atoms with E-state index in [2.05, 4.69) is 32.4 Å². The van der Waals surface area contributed by atoms with E-state index in [1.807, 2.05) is 0 Å². The van der Waals surface area contributed by atoms with Gasteiger partial charge in [0.1, 0.15) is 5.82 Å². The molecule has 1 N–H and O–H groups in total. The normalized spacial score (nSPS) is 15.5. The van der Waals surface area contributed by atoms with Gasteiger partial charge in [0.2, 0.25) is 0 Å². The third kappa shape index (κ3) is 3.62. The lowest BCUT2D eigenvalue weighted by atomic mass is 10.3. The second-order valence-electron chi connectivity index (χ2n) is 5.50. The molecule has 120 valence electrons. The van der Waals surface area contributed by atoms with Crippen LogP contribution in [0.25, 0.3) is 0 Å². The van der Waals surface area contributed by atoms with Crippen molar-refractivity contribution >= 4 is 17.4 Å². The van der Waals surface area contributed by atoms with Crippen LogP contribution in [0.2, 0.25) is 0 Å². The van der Waals surface area contributed by atoms with Crippen molar-refractivity contribution < 1.29 is 9.18 Å². The predicted octanol–water partition coefficient (Wildman–Crippen LogP) is 1.62. The topological polar surface area (TPSA) is 61.4 Å². The summed E-state index contributed by atoms with van der Waals surface area (Å²) in [6.45, 7) is 3.70. The minimum atomic E-state index is -0.483. The van der Waals surface area contributed by atoms with E-state index in [-0.39, 0.29) is 11.4 Å². The molecule has 0 atom stereocenters. The molecule has 1 aromatic carbocycles. The van der Waals surface area contributed by atoms with Crippen molar-refractivity contribution in [3.05, 3.63) is 47.9 Å². The van der Waals surface area contributed by atoms with Gasteiger partial charge in [0.15, 0.2) is 11.5 Å². The number of anilines is 2. The van der Waals surface area contributed by atoms with Crippen LogP contribution >= 0.6 is 0 Å². The predicted molar refractivity (Wildman–Crippen MR) is 86.1 cm³/mol. The molecular weight excluding hydrogens is 297 g/mol. The summed E-state index contributed by atoms with van der Waals surface area (Å²) >= 11 is 0. The summed E-state index contributed by atoms with van der Waals surface area (Å²) in [7, 11) is 2.08. The fourth-order valence-electron chi connectivity index (χ4n) is 2.40. The summed E-state index contributed by atoms with van der Waals surface area (Å²) in [6, 6.07) is 9.39. The van der Waals surface area contributed by atoms with Crippen molar-refractivity contribution in [1.29, 1.82) is 0 Å². The Morgan fingerprint density at radius 1 is 1.09 bits per heavy atom. The Morgan fingerprint density at radius 3 is 2.48 bits per heavy atom. The highest BCUT2D eigenvalue weighted by molar-refractivity contribution is 6.02. The molecule has 1 amide bonds. The molecule has 1 aromatic heterocycles. The van der Waals surface area contributed by atoms with Crippen LogP contribution in [0.5, 0.6) is 0 Å². The molecule has 0 aliphatic carbocycles. The number of carbonyl (C=O) groups is 1. The Hall–Kier alpha value is -2.54. The van der Waals surface area contributed by atoms with Crippen molar-refractivity contribution in [2.24, 2.45) is 0 Å². The van der Waals surface area contributed by atoms with Crippen molar-refractivity contribution in [1.82, 2.24) is 15.1 Å². The summed E-state index contributed by atoms with van der Waals surface area (Å²) in [5.41, 5.74) is 0.286. The molecule has 0 unspecified atom stereocenters. The van der Waals surface area contributed by atoms with Gasteiger partial charge in [0.05, 0.1) is 5.69 Å². The Kier molecular flexibility index (Phi) is 4.47. The SMILES string of the molecule is CN1CCN(c2ccc(C(=O)Nc3ccccc3F)nn2)CC1. The van der Waals surface area contributed by atoms with Gasteiger partial charge < -0.3 is 15.1 Å². The largest absolute Gasteiger partial charge is 0.353 e. The lowest BCUT2D eigenvalue weighted by Gasteiger charge is -2.32. The number of benzene rings is 1. The highest BCUT2D eigenvalue weighted by Crippen LogP contribution is 2.15. The minimum Gasteiger partial charge on any atom is -0.353 e. The number of nitrogens with zero attached hydrogens (tertiary/aromatic N) is 4. The number of hydrogen-bond acceptors (Lipinski definition) is 5. The number of halogens is 1. The van der Waals surface area contributed by atoms with E-state index in [0.717, 1.165) is 32.0 Å². The summed E-state index contributed by atoms with van der Waals surface area (Å²) in [6.07, 6.45) is 0. The molecule has 2 heterocycles. The first kappa shape index (κ1) is 15.4. The molecule has 3 rings (SSSR count). The number of piperazine rings is 1. The molecule has 23 heavy (non-hydrogen) atoms. The smallest absolute Gasteiger partial charge is 0.276 e. The number of hydrogen-bond donors (Lipinski definition) is 1. The van der Waals surface area contributed by atoms with Gasteiger partial charge >= 0.3 is 0 Å². The van der Waals surface area contributed by atoms with Crippen LogP contribution in [0.1, 0.15) is 10.5 Å². The van der Waals surface area contributed by atoms with Crippen LogP contribution in [0.3, 0.4) is 0 Å². The lowest BCUT2D eigenvalue weighted by Crippen LogP contribution is -2.44. The second kappa shape index (κ2) is 6.70. The Bertz CT molecular complexity index is 683. The molecule has 7 heteroatoms. The van der Waals surface area contributed by atoms with Gasteiger partial charge in [0.25, 0.3) is 5.91 Å². The van der Waals surface area contributed by atoms with Gasteiger partial charge in [-0.3, -0.25) is 4.79 Å². The molecule has 1 aliphatic rings. The van der Waals surface area contributed by atoms with Gasteiger partial charge in [-0.1, -0.05) is 12.1 Å². The van der Waals surface area contributed by atoms with Gasteiger partial charge in [-0.2, -0.15) is 0 Å². The van der Waals surface area contributed by atoms with Gasteiger partial charge in [0, 0.05) is 26.2 Å². The number of likely N-dealkylation sites (N-methyl/N-ethyl adjacent to an activating group) is 1. The van der Waals surface area contributed by atoms with Gasteiger partial charge in [-0.05, 0) is 31.3 Å². The van der Waals surface area contributed by atoms with E-state index >= 15 is 0 Å². The quantitative estimate of drug-likeness (QED) is 0.932. The Balaban J connectivity index is 1.67. The monoisotopic (exact) mass is 315 g/mol. The molecule has 2 aromatic rings. The number of nitrogens with one attached hydrogen (secondary N) is 1. The maximum Gasteiger partial charge on any atom is 0.276 e. The number of carbonyl (C=O) groups excluding carboxylic acids is 1. The highest BCUT2D eigenvalue weighted by atomic mass is 19.1. The van der Waals surface area contributed by atoms with E-state index in [1.54, 1.807) is 24.3 Å². The summed E-state index contributed by atoms with van der Waals surface area (Å²) in [5, 5.41) is 10.6. The zero-order chi connectivity index (χ0) is 16.2. The molecule has 1 aliphatic heterocycles. The van der Waals surface area contributed by atoms with E-state index < -0.39 is 11.7 Å². The molecule has 1 fully saturated rings. The maximum absolute atomic E-state index is 13.5. The van der Waals surface area contributed by atoms with Crippen LogP contribution in [0.15, 0.2) is 36.4 Å². The van der Waals surface area contributed by atoms with Crippen molar-refractivity contribution in [3.63, 3.8) is 0 Å². The molecule has 6 nitrogen and oxygen atoms in total. The summed E-state index contributed by atoms with van der Waals surface area (Å²) < 4.78 is 13.5. The number of para-hydroxylation sites is 1. The van der Waals surface area contributed by atoms with Crippen LogP contribution in [0.4, 0.5) is 15.9 Å². The maximum atomic E-state index is 13.5. The first-order valence-electron chi connectivity index (χ1n) is 7.46. The molecule has 0 bridgehead atoms. The van der Waals surface area contributed by atoms with Gasteiger partial charge in [-0.25, -0.2) is 4.39 Å². The van der Waals surface area contributed by atoms with E-state index in [1.165, 1.54) is 12.1 Å². The average Bonchev–Trinajstić information content (AvgIpc) is 2.58. The summed E-state index contributed by atoms with van der Waals surface area (Å²) in [4.78, 5) is 16.5. The zero-order valence-electron chi connectivity index (χ0n) is 12.9. The van der Waals surface area contributed by atoms with Crippen LogP contribution < -0.4 is 10.2 Å². The highest BCUT2D eigenvalue weighted by Gasteiger charge is 2.17. The van der Waals surface area contributed by atoms with E-state index in [9.17, 15) is 9.18 Å². The number of rotatable bonds is 3. The average molecular weight is 315 g/mol. The first-order valence-corrected chi connectivity index (χ1v) is 7.46. The first-order chi connectivity index (χ1) is 11.1. The molecule has 0 radical (unpaired) electrons. The number of aromatic nitrogens is 2. The fraction of sp³-hybridized carbons (Fsp3) is 0.312. The van der Waals surface area contributed by atoms with Crippen LogP contribution in [0, 0.1) is 5.82 Å². The Morgan fingerprint density at radius 2 is 1.83 bits per heavy atom. The summed E-state index contributed by atoms with van der Waals surface area (Å²) in [5.74, 6) is -0.212. The van der Waals surface area contributed by atoms with Crippen molar-refractivity contribution in [2.75, 3.05) is 43.4 Å². The minimum absolute atomic E-state index is 0.127. The third-order valence-electron chi connectivity index (χ3n) is 3.83. The molecule has 1 saturated heterocycles. The fourth-order valence-corrected chi connectivity index (χ4v) is 2.40. The number of amides is 1. The van der Waals surface area contributed by atoms with Gasteiger partial charge in [-0.15, -0.1) is 10.2 Å². The van der Waals surface area contributed by atoms with Crippen LogP contribution in [-0.2, 0) is 0 Å². The zero-order valence-corrected chi connectivity index (χ0v) is 12.9. The second-order valence-corrected chi connectivity index (χ2v) is 5.50. The van der Waals surface area contributed by atoms with E-state index in [4.69, 9.17) is 0 Å². The molecule has 0 saturated carbocycles. The van der Waals surface area contributed by atoms with Crippen LogP contribution in [-0.4, -0.2) is 54.2 Å². The van der Waals surface area contributed by atoms with Crippen molar-refractivity contribution in [3.8, 4) is 0 Å².